The van der Waals surface area contributed by atoms with Gasteiger partial charge in [-0.05, 0) is 27.7 Å². The van der Waals surface area contributed by atoms with Gasteiger partial charge in [0.2, 0.25) is 5.91 Å². The van der Waals surface area contributed by atoms with E-state index in [9.17, 15) is 9.59 Å². The molecule has 0 spiro atoms. The third-order valence-corrected chi connectivity index (χ3v) is 2.61. The van der Waals surface area contributed by atoms with Gasteiger partial charge < -0.3 is 14.8 Å². The number of rotatable bonds is 2. The van der Waals surface area contributed by atoms with E-state index in [0.717, 1.165) is 0 Å². The lowest BCUT2D eigenvalue weighted by Crippen LogP contribution is -2.63. The average Bonchev–Trinajstić information content (AvgIpc) is 2.21. The van der Waals surface area contributed by atoms with Crippen molar-refractivity contribution < 1.29 is 19.1 Å². The highest BCUT2D eigenvalue weighted by Gasteiger charge is 2.39. The molecule has 1 heterocycles. The first-order chi connectivity index (χ1) is 8.26. The largest absolute Gasteiger partial charge is 0.444 e. The van der Waals surface area contributed by atoms with Gasteiger partial charge in [-0.2, -0.15) is 0 Å². The lowest BCUT2D eigenvalue weighted by atomic mass is 10.1. The van der Waals surface area contributed by atoms with E-state index in [4.69, 9.17) is 9.47 Å². The first-order valence-corrected chi connectivity index (χ1v) is 6.04. The predicted molar refractivity (Wildman–Crippen MR) is 66.2 cm³/mol. The van der Waals surface area contributed by atoms with Crippen LogP contribution in [0, 0.1) is 0 Å². The van der Waals surface area contributed by atoms with Gasteiger partial charge in [-0.3, -0.25) is 9.69 Å². The van der Waals surface area contributed by atoms with Crippen LogP contribution < -0.4 is 5.32 Å². The predicted octanol–water partition coefficient (Wildman–Crippen LogP) is 0.757. The summed E-state index contributed by atoms with van der Waals surface area (Å²) in [6.07, 6.45) is -0.480. The van der Waals surface area contributed by atoms with Crippen molar-refractivity contribution in [2.24, 2.45) is 0 Å². The van der Waals surface area contributed by atoms with Gasteiger partial charge >= 0.3 is 6.09 Å². The van der Waals surface area contributed by atoms with Crippen molar-refractivity contribution in [3.8, 4) is 0 Å². The van der Waals surface area contributed by atoms with Crippen molar-refractivity contribution in [1.29, 1.82) is 0 Å². The van der Waals surface area contributed by atoms with E-state index in [2.05, 4.69) is 5.32 Å². The lowest BCUT2D eigenvalue weighted by Gasteiger charge is -2.40. The Hall–Kier alpha value is -1.30. The van der Waals surface area contributed by atoms with Crippen LogP contribution in [0.1, 0.15) is 27.7 Å². The van der Waals surface area contributed by atoms with Crippen LogP contribution in [0.25, 0.3) is 0 Å². The second-order valence-electron chi connectivity index (χ2n) is 5.45. The number of ether oxygens (including phenoxy) is 2. The molecule has 2 atom stereocenters. The average molecular weight is 258 g/mol. The molecule has 1 saturated heterocycles. The molecule has 1 aliphatic rings. The summed E-state index contributed by atoms with van der Waals surface area (Å²) in [4.78, 5) is 25.3. The van der Waals surface area contributed by atoms with Gasteiger partial charge in [-0.1, -0.05) is 0 Å². The molecule has 18 heavy (non-hydrogen) atoms. The minimum absolute atomic E-state index is 0.113. The van der Waals surface area contributed by atoms with Gasteiger partial charge in [0.15, 0.2) is 0 Å². The highest BCUT2D eigenvalue weighted by atomic mass is 16.6. The molecule has 1 N–H and O–H groups in total. The van der Waals surface area contributed by atoms with E-state index < -0.39 is 17.7 Å². The van der Waals surface area contributed by atoms with Crippen LogP contribution in [0.2, 0.25) is 0 Å². The molecule has 0 aliphatic carbocycles. The first-order valence-electron chi connectivity index (χ1n) is 6.04. The summed E-state index contributed by atoms with van der Waals surface area (Å²) in [5.41, 5.74) is -0.581. The van der Waals surface area contributed by atoms with Gasteiger partial charge in [-0.25, -0.2) is 4.79 Å². The Morgan fingerprint density at radius 1 is 1.50 bits per heavy atom. The molecule has 1 fully saturated rings. The number of hydrogen-bond acceptors (Lipinski definition) is 4. The SMILES string of the molecule is COCC1C(=O)NCC(C)N1C(=O)OC(C)(C)C. The number of methoxy groups -OCH3 is 1. The Labute approximate surface area is 108 Å². The molecule has 104 valence electrons. The van der Waals surface area contributed by atoms with Crippen LogP contribution in [0.4, 0.5) is 4.79 Å². The molecule has 6 heteroatoms. The number of amides is 2. The van der Waals surface area contributed by atoms with E-state index in [1.807, 2.05) is 6.92 Å². The molecule has 2 unspecified atom stereocenters. The summed E-state index contributed by atoms with van der Waals surface area (Å²) < 4.78 is 10.3. The molecule has 0 aromatic carbocycles. The summed E-state index contributed by atoms with van der Waals surface area (Å²) in [5, 5.41) is 2.75. The molecule has 0 radical (unpaired) electrons. The van der Waals surface area contributed by atoms with Crippen LogP contribution in [-0.4, -0.2) is 54.8 Å². The molecule has 0 aromatic heterocycles. The van der Waals surface area contributed by atoms with E-state index >= 15 is 0 Å². The van der Waals surface area contributed by atoms with Crippen LogP contribution in [-0.2, 0) is 14.3 Å². The molecule has 1 aliphatic heterocycles. The molecular weight excluding hydrogens is 236 g/mol. The summed E-state index contributed by atoms with van der Waals surface area (Å²) in [5.74, 6) is -0.208. The maximum Gasteiger partial charge on any atom is 0.411 e. The molecule has 2 amide bonds. The zero-order valence-electron chi connectivity index (χ0n) is 11.6. The van der Waals surface area contributed by atoms with Crippen molar-refractivity contribution in [1.82, 2.24) is 10.2 Å². The fourth-order valence-corrected chi connectivity index (χ4v) is 1.83. The van der Waals surface area contributed by atoms with Crippen molar-refractivity contribution in [3.63, 3.8) is 0 Å². The maximum atomic E-state index is 12.1. The number of carbonyl (C=O) groups is 2. The second-order valence-corrected chi connectivity index (χ2v) is 5.45. The van der Waals surface area contributed by atoms with Gasteiger partial charge in [0.1, 0.15) is 11.6 Å². The third-order valence-electron chi connectivity index (χ3n) is 2.61. The Morgan fingerprint density at radius 2 is 2.11 bits per heavy atom. The highest BCUT2D eigenvalue weighted by molar-refractivity contribution is 5.87. The number of nitrogens with one attached hydrogen (secondary N) is 1. The quantitative estimate of drug-likeness (QED) is 0.794. The van der Waals surface area contributed by atoms with E-state index in [0.29, 0.717) is 6.54 Å². The highest BCUT2D eigenvalue weighted by Crippen LogP contribution is 2.17. The van der Waals surface area contributed by atoms with Gasteiger partial charge in [0.05, 0.1) is 12.6 Å². The van der Waals surface area contributed by atoms with Crippen LogP contribution in [0.15, 0.2) is 0 Å². The van der Waals surface area contributed by atoms with Gasteiger partial charge in [0.25, 0.3) is 0 Å². The fraction of sp³-hybridized carbons (Fsp3) is 0.833. The van der Waals surface area contributed by atoms with Crippen LogP contribution in [0.3, 0.4) is 0 Å². The summed E-state index contributed by atoms with van der Waals surface area (Å²) in [7, 11) is 1.50. The van der Waals surface area contributed by atoms with Crippen molar-refractivity contribution >= 4 is 12.0 Å². The molecule has 1 rings (SSSR count). The second kappa shape index (κ2) is 5.56. The zero-order chi connectivity index (χ0) is 13.9. The van der Waals surface area contributed by atoms with E-state index in [1.165, 1.54) is 12.0 Å². The lowest BCUT2D eigenvalue weighted by molar-refractivity contribution is -0.133. The van der Waals surface area contributed by atoms with Crippen LogP contribution in [0.5, 0.6) is 0 Å². The number of carbonyl (C=O) groups excluding carboxylic acids is 2. The smallest absolute Gasteiger partial charge is 0.411 e. The molecule has 0 aromatic rings. The Kier molecular flexibility index (Phi) is 4.56. The van der Waals surface area contributed by atoms with Crippen LogP contribution >= 0.6 is 0 Å². The number of piperazine rings is 1. The maximum absolute atomic E-state index is 12.1. The summed E-state index contributed by atoms with van der Waals surface area (Å²) in [6, 6.07) is -0.744. The normalized spacial score (nSPS) is 24.7. The molecule has 0 saturated carbocycles. The minimum Gasteiger partial charge on any atom is -0.444 e. The third kappa shape index (κ3) is 3.60. The Morgan fingerprint density at radius 3 is 2.61 bits per heavy atom. The Balaban J connectivity index is 2.85. The topological polar surface area (TPSA) is 67.9 Å². The van der Waals surface area contributed by atoms with Gasteiger partial charge in [0, 0.05) is 13.7 Å². The van der Waals surface area contributed by atoms with Crippen molar-refractivity contribution in [2.75, 3.05) is 20.3 Å². The van der Waals surface area contributed by atoms with Crippen molar-refractivity contribution in [3.05, 3.63) is 0 Å². The molecular formula is C12H22N2O4. The summed E-state index contributed by atoms with van der Waals surface area (Å²) in [6.45, 7) is 7.85. The Bertz CT molecular complexity index is 325. The number of hydrogen-bond donors (Lipinski definition) is 1. The standard InChI is InChI=1S/C12H22N2O4/c1-8-6-13-10(15)9(7-17-5)14(8)11(16)18-12(2,3)4/h8-9H,6-7H2,1-5H3,(H,13,15). The molecule has 0 bridgehead atoms. The van der Waals surface area contributed by atoms with E-state index in [-0.39, 0.29) is 18.6 Å². The summed E-state index contributed by atoms with van der Waals surface area (Å²) >= 11 is 0. The monoisotopic (exact) mass is 258 g/mol. The molecule has 6 nitrogen and oxygen atoms in total. The number of nitrogens with zero attached hydrogens (tertiary/aromatic N) is 1. The first kappa shape index (κ1) is 14.8. The van der Waals surface area contributed by atoms with Gasteiger partial charge in [-0.15, -0.1) is 0 Å². The van der Waals surface area contributed by atoms with E-state index in [1.54, 1.807) is 20.8 Å². The minimum atomic E-state index is -0.631. The zero-order valence-corrected chi connectivity index (χ0v) is 11.6. The van der Waals surface area contributed by atoms with Crippen molar-refractivity contribution in [2.45, 2.75) is 45.4 Å². The fourth-order valence-electron chi connectivity index (χ4n) is 1.83.